The molecule has 6 heteroatoms. The summed E-state index contributed by atoms with van der Waals surface area (Å²) in [6.07, 6.45) is 1.15. The number of nitrogens with one attached hydrogen (secondary N) is 2. The Labute approximate surface area is 154 Å². The standard InChI is InChI=1S/C20H26N4O2/c21-13-16-24(14-11-17-7-3-1-4-8-17)15-12-19(25)23-20(26)22-18-9-5-2-6-10-18/h1-10H,11-16,21H2,(H2,22,23,25,26). The highest BCUT2D eigenvalue weighted by Crippen LogP contribution is 2.04. The van der Waals surface area contributed by atoms with Crippen molar-refractivity contribution in [2.75, 3.05) is 31.5 Å². The fourth-order valence-electron chi connectivity index (χ4n) is 2.58. The summed E-state index contributed by atoms with van der Waals surface area (Å²) in [5.41, 5.74) is 7.56. The third-order valence-electron chi connectivity index (χ3n) is 3.94. The van der Waals surface area contributed by atoms with E-state index in [9.17, 15) is 9.59 Å². The number of nitrogens with zero attached hydrogens (tertiary/aromatic N) is 1. The van der Waals surface area contributed by atoms with Gasteiger partial charge in [-0.25, -0.2) is 4.79 Å². The van der Waals surface area contributed by atoms with Gasteiger partial charge in [0.2, 0.25) is 5.91 Å². The van der Waals surface area contributed by atoms with Gasteiger partial charge in [0.05, 0.1) is 0 Å². The number of carbonyl (C=O) groups excluding carboxylic acids is 2. The zero-order chi connectivity index (χ0) is 18.6. The van der Waals surface area contributed by atoms with Crippen LogP contribution in [0, 0.1) is 0 Å². The molecule has 6 nitrogen and oxygen atoms in total. The van der Waals surface area contributed by atoms with Crippen LogP contribution in [0.1, 0.15) is 12.0 Å². The van der Waals surface area contributed by atoms with Crippen LogP contribution in [0.4, 0.5) is 10.5 Å². The molecule has 0 saturated heterocycles. The summed E-state index contributed by atoms with van der Waals surface area (Å²) >= 11 is 0. The third kappa shape index (κ3) is 7.46. The number of imide groups is 1. The highest BCUT2D eigenvalue weighted by Gasteiger charge is 2.11. The van der Waals surface area contributed by atoms with Crippen LogP contribution < -0.4 is 16.4 Å². The maximum atomic E-state index is 12.0. The van der Waals surface area contributed by atoms with Gasteiger partial charge in [0.15, 0.2) is 0 Å². The summed E-state index contributed by atoms with van der Waals surface area (Å²) < 4.78 is 0. The summed E-state index contributed by atoms with van der Waals surface area (Å²) in [5, 5.41) is 4.98. The first-order valence-corrected chi connectivity index (χ1v) is 8.79. The molecule has 0 aliphatic rings. The molecule has 0 bridgehead atoms. The number of anilines is 1. The molecular weight excluding hydrogens is 328 g/mol. The van der Waals surface area contributed by atoms with Gasteiger partial charge in [-0.3, -0.25) is 10.1 Å². The third-order valence-corrected chi connectivity index (χ3v) is 3.94. The van der Waals surface area contributed by atoms with Gasteiger partial charge in [0, 0.05) is 38.3 Å². The molecule has 26 heavy (non-hydrogen) atoms. The Morgan fingerprint density at radius 3 is 2.19 bits per heavy atom. The van der Waals surface area contributed by atoms with Gasteiger partial charge in [-0.2, -0.15) is 0 Å². The largest absolute Gasteiger partial charge is 0.329 e. The molecule has 4 N–H and O–H groups in total. The molecule has 0 heterocycles. The molecule has 138 valence electrons. The van der Waals surface area contributed by atoms with E-state index >= 15 is 0 Å². The maximum absolute atomic E-state index is 12.0. The van der Waals surface area contributed by atoms with Crippen molar-refractivity contribution in [3.8, 4) is 0 Å². The zero-order valence-corrected chi connectivity index (χ0v) is 14.9. The van der Waals surface area contributed by atoms with E-state index in [4.69, 9.17) is 5.73 Å². The molecule has 0 aromatic heterocycles. The molecule has 2 aromatic carbocycles. The van der Waals surface area contributed by atoms with Crippen molar-refractivity contribution in [1.29, 1.82) is 0 Å². The monoisotopic (exact) mass is 354 g/mol. The molecular formula is C20H26N4O2. The smallest absolute Gasteiger partial charge is 0.325 e. The van der Waals surface area contributed by atoms with Crippen molar-refractivity contribution in [2.45, 2.75) is 12.8 Å². The first kappa shape index (κ1) is 19.6. The minimum Gasteiger partial charge on any atom is -0.329 e. The van der Waals surface area contributed by atoms with E-state index in [0.29, 0.717) is 18.8 Å². The number of hydrogen-bond acceptors (Lipinski definition) is 4. The summed E-state index contributed by atoms with van der Waals surface area (Å²) in [7, 11) is 0. The van der Waals surface area contributed by atoms with Gasteiger partial charge >= 0.3 is 6.03 Å². The lowest BCUT2D eigenvalue weighted by Crippen LogP contribution is -2.38. The van der Waals surface area contributed by atoms with E-state index in [1.54, 1.807) is 12.1 Å². The Morgan fingerprint density at radius 1 is 0.885 bits per heavy atom. The number of amides is 3. The molecule has 0 unspecified atom stereocenters. The van der Waals surface area contributed by atoms with Crippen LogP contribution in [0.15, 0.2) is 60.7 Å². The van der Waals surface area contributed by atoms with Crippen LogP contribution in [0.2, 0.25) is 0 Å². The number of para-hydroxylation sites is 1. The fourth-order valence-corrected chi connectivity index (χ4v) is 2.58. The molecule has 0 spiro atoms. The number of carbonyl (C=O) groups is 2. The van der Waals surface area contributed by atoms with Gasteiger partial charge in [-0.1, -0.05) is 48.5 Å². The van der Waals surface area contributed by atoms with Crippen molar-refractivity contribution < 1.29 is 9.59 Å². The van der Waals surface area contributed by atoms with Crippen molar-refractivity contribution in [2.24, 2.45) is 5.73 Å². The van der Waals surface area contributed by atoms with Crippen molar-refractivity contribution >= 4 is 17.6 Å². The number of urea groups is 1. The highest BCUT2D eigenvalue weighted by atomic mass is 16.2. The molecule has 0 atom stereocenters. The Kier molecular flexibility index (Phi) is 8.32. The second-order valence-electron chi connectivity index (χ2n) is 5.98. The minimum atomic E-state index is -0.518. The molecule has 0 radical (unpaired) electrons. The molecule has 2 aromatic rings. The summed E-state index contributed by atoms with van der Waals surface area (Å²) in [5.74, 6) is -0.305. The summed E-state index contributed by atoms with van der Waals surface area (Å²) in [6.45, 7) is 2.64. The summed E-state index contributed by atoms with van der Waals surface area (Å²) in [6, 6.07) is 18.7. The SMILES string of the molecule is NCCN(CCC(=O)NC(=O)Nc1ccccc1)CCc1ccccc1. The lowest BCUT2D eigenvalue weighted by molar-refractivity contribution is -0.120. The van der Waals surface area contributed by atoms with E-state index in [0.717, 1.165) is 19.5 Å². The van der Waals surface area contributed by atoms with Gasteiger partial charge in [0.1, 0.15) is 0 Å². The van der Waals surface area contributed by atoms with Gasteiger partial charge in [-0.15, -0.1) is 0 Å². The Hall–Kier alpha value is -2.70. The highest BCUT2D eigenvalue weighted by molar-refractivity contribution is 6.01. The summed E-state index contributed by atoms with van der Waals surface area (Å²) in [4.78, 5) is 26.0. The van der Waals surface area contributed by atoms with Crippen molar-refractivity contribution in [3.63, 3.8) is 0 Å². The van der Waals surface area contributed by atoms with Crippen LogP contribution in [0.3, 0.4) is 0 Å². The Bertz CT molecular complexity index is 677. The average molecular weight is 354 g/mol. The predicted octanol–water partition coefficient (Wildman–Crippen LogP) is 2.23. The number of nitrogens with two attached hydrogens (primary N) is 1. The lowest BCUT2D eigenvalue weighted by atomic mass is 10.1. The van der Waals surface area contributed by atoms with Crippen LogP contribution in [-0.2, 0) is 11.2 Å². The predicted molar refractivity (Wildman–Crippen MR) is 104 cm³/mol. The zero-order valence-electron chi connectivity index (χ0n) is 14.9. The van der Waals surface area contributed by atoms with Crippen LogP contribution in [0.25, 0.3) is 0 Å². The molecule has 2 rings (SSSR count). The van der Waals surface area contributed by atoms with Crippen LogP contribution >= 0.6 is 0 Å². The lowest BCUT2D eigenvalue weighted by Gasteiger charge is -2.21. The molecule has 0 aliphatic carbocycles. The topological polar surface area (TPSA) is 87.5 Å². The molecule has 3 amide bonds. The molecule has 0 fully saturated rings. The van der Waals surface area contributed by atoms with Crippen molar-refractivity contribution in [3.05, 3.63) is 66.2 Å². The first-order valence-electron chi connectivity index (χ1n) is 8.79. The Morgan fingerprint density at radius 2 is 1.54 bits per heavy atom. The number of benzene rings is 2. The van der Waals surface area contributed by atoms with E-state index in [1.807, 2.05) is 36.4 Å². The quantitative estimate of drug-likeness (QED) is 0.644. The minimum absolute atomic E-state index is 0.247. The molecule has 0 saturated carbocycles. The normalized spacial score (nSPS) is 10.5. The van der Waals surface area contributed by atoms with Crippen LogP contribution in [0.5, 0.6) is 0 Å². The molecule has 0 aliphatic heterocycles. The maximum Gasteiger partial charge on any atom is 0.325 e. The second-order valence-corrected chi connectivity index (χ2v) is 5.98. The second kappa shape index (κ2) is 11.0. The van der Waals surface area contributed by atoms with Gasteiger partial charge in [-0.05, 0) is 24.1 Å². The number of rotatable bonds is 9. The fraction of sp³-hybridized carbons (Fsp3) is 0.300. The van der Waals surface area contributed by atoms with E-state index in [1.165, 1.54) is 5.56 Å². The van der Waals surface area contributed by atoms with Crippen molar-refractivity contribution in [1.82, 2.24) is 10.2 Å². The first-order chi connectivity index (χ1) is 12.7. The van der Waals surface area contributed by atoms with Gasteiger partial charge < -0.3 is 16.0 Å². The number of hydrogen-bond donors (Lipinski definition) is 3. The van der Waals surface area contributed by atoms with Gasteiger partial charge in [0.25, 0.3) is 0 Å². The average Bonchev–Trinajstić information content (AvgIpc) is 2.65. The Balaban J connectivity index is 1.72. The van der Waals surface area contributed by atoms with Crippen LogP contribution in [-0.4, -0.2) is 43.0 Å². The van der Waals surface area contributed by atoms with E-state index in [2.05, 4.69) is 27.7 Å². The van der Waals surface area contributed by atoms with E-state index in [-0.39, 0.29) is 12.3 Å². The van der Waals surface area contributed by atoms with E-state index < -0.39 is 6.03 Å².